The van der Waals surface area contributed by atoms with Gasteiger partial charge < -0.3 is 14.9 Å². The minimum absolute atomic E-state index is 0.0321. The number of piperazine rings is 1. The molecule has 2 amide bonds. The molecule has 0 bridgehead atoms. The fourth-order valence-corrected chi connectivity index (χ4v) is 4.32. The summed E-state index contributed by atoms with van der Waals surface area (Å²) in [5, 5.41) is 10.00. The third kappa shape index (κ3) is 3.53. The van der Waals surface area contributed by atoms with E-state index >= 15 is 0 Å². The van der Waals surface area contributed by atoms with Crippen LogP contribution in [-0.2, 0) is 11.3 Å². The van der Waals surface area contributed by atoms with Gasteiger partial charge in [0.15, 0.2) is 0 Å². The number of fused-ring (bicyclic) bond motifs is 1. The molecule has 1 aliphatic carbocycles. The van der Waals surface area contributed by atoms with Gasteiger partial charge in [-0.3, -0.25) is 14.6 Å². The Labute approximate surface area is 180 Å². The standard InChI is InChI=1S/C24H24FN3O3/c1-15-19-4-2-16(12-18(19)14-26-15)17-3-5-20(21(25)13-17)22(29)27-8-10-28(11-9-27)23(30)24(31)6-7-24/h2-5,12-13,31H,6-11,14H2,1H3. The minimum atomic E-state index is -1.20. The van der Waals surface area contributed by atoms with Gasteiger partial charge in [0.25, 0.3) is 11.8 Å². The van der Waals surface area contributed by atoms with Crippen molar-refractivity contribution in [1.82, 2.24) is 9.80 Å². The molecule has 1 N–H and O–H groups in total. The zero-order valence-electron chi connectivity index (χ0n) is 17.4. The average Bonchev–Trinajstić information content (AvgIpc) is 3.44. The van der Waals surface area contributed by atoms with E-state index in [0.717, 1.165) is 28.0 Å². The van der Waals surface area contributed by atoms with Gasteiger partial charge in [0.05, 0.1) is 12.1 Å². The van der Waals surface area contributed by atoms with Crippen LogP contribution in [0.15, 0.2) is 41.4 Å². The maximum atomic E-state index is 14.9. The highest BCUT2D eigenvalue weighted by molar-refractivity contribution is 6.02. The van der Waals surface area contributed by atoms with Crippen molar-refractivity contribution < 1.29 is 19.1 Å². The lowest BCUT2D eigenvalue weighted by Crippen LogP contribution is -2.53. The summed E-state index contributed by atoms with van der Waals surface area (Å²) >= 11 is 0. The Bertz CT molecular complexity index is 1120. The molecule has 0 unspecified atom stereocenters. The van der Waals surface area contributed by atoms with Crippen molar-refractivity contribution in [3.05, 3.63) is 58.9 Å². The number of hydrogen-bond donors (Lipinski definition) is 1. The molecule has 1 saturated heterocycles. The van der Waals surface area contributed by atoms with Gasteiger partial charge in [0, 0.05) is 37.5 Å². The van der Waals surface area contributed by atoms with E-state index < -0.39 is 11.4 Å². The zero-order valence-corrected chi connectivity index (χ0v) is 17.4. The topological polar surface area (TPSA) is 73.2 Å². The van der Waals surface area contributed by atoms with Crippen LogP contribution in [0.4, 0.5) is 4.39 Å². The predicted molar refractivity (Wildman–Crippen MR) is 114 cm³/mol. The fraction of sp³-hybridized carbons (Fsp3) is 0.375. The summed E-state index contributed by atoms with van der Waals surface area (Å²) in [6.45, 7) is 3.97. The first-order chi connectivity index (χ1) is 14.9. The summed E-state index contributed by atoms with van der Waals surface area (Å²) in [5.74, 6) is -1.19. The van der Waals surface area contributed by atoms with E-state index in [1.165, 1.54) is 12.1 Å². The highest BCUT2D eigenvalue weighted by Crippen LogP contribution is 2.37. The van der Waals surface area contributed by atoms with Gasteiger partial charge in [-0.25, -0.2) is 4.39 Å². The number of aliphatic hydroxyl groups is 1. The molecule has 1 saturated carbocycles. The molecule has 160 valence electrons. The summed E-state index contributed by atoms with van der Waals surface area (Å²) in [5.41, 5.74) is 3.71. The van der Waals surface area contributed by atoms with Crippen LogP contribution >= 0.6 is 0 Å². The second-order valence-electron chi connectivity index (χ2n) is 8.58. The maximum absolute atomic E-state index is 14.9. The van der Waals surface area contributed by atoms with Gasteiger partial charge in [-0.2, -0.15) is 0 Å². The number of nitrogens with zero attached hydrogens (tertiary/aromatic N) is 3. The van der Waals surface area contributed by atoms with Crippen molar-refractivity contribution in [3.63, 3.8) is 0 Å². The summed E-state index contributed by atoms with van der Waals surface area (Å²) < 4.78 is 14.9. The molecule has 0 atom stereocenters. The van der Waals surface area contributed by atoms with E-state index in [4.69, 9.17) is 0 Å². The number of rotatable bonds is 3. The Morgan fingerprint density at radius 1 is 1.00 bits per heavy atom. The van der Waals surface area contributed by atoms with Crippen molar-refractivity contribution in [1.29, 1.82) is 0 Å². The second-order valence-corrected chi connectivity index (χ2v) is 8.58. The van der Waals surface area contributed by atoms with Crippen LogP contribution in [0, 0.1) is 5.82 Å². The van der Waals surface area contributed by atoms with Crippen molar-refractivity contribution in [2.45, 2.75) is 31.9 Å². The molecule has 3 aliphatic rings. The van der Waals surface area contributed by atoms with E-state index in [1.807, 2.05) is 25.1 Å². The summed E-state index contributed by atoms with van der Waals surface area (Å²) in [4.78, 5) is 32.7. The van der Waals surface area contributed by atoms with Gasteiger partial charge in [0.2, 0.25) is 0 Å². The SMILES string of the molecule is CC1=NCc2cc(-c3ccc(C(=O)N4CCN(C(=O)C5(O)CC5)CC4)c(F)c3)ccc21. The van der Waals surface area contributed by atoms with Crippen LogP contribution in [0.25, 0.3) is 11.1 Å². The summed E-state index contributed by atoms with van der Waals surface area (Å²) in [7, 11) is 0. The number of amides is 2. The molecule has 0 spiro atoms. The lowest BCUT2D eigenvalue weighted by atomic mass is 9.97. The molecular weight excluding hydrogens is 397 g/mol. The van der Waals surface area contributed by atoms with Crippen LogP contribution in [0.1, 0.15) is 41.3 Å². The van der Waals surface area contributed by atoms with Crippen LogP contribution in [0.5, 0.6) is 0 Å². The normalized spacial score (nSPS) is 19.1. The Morgan fingerprint density at radius 2 is 1.65 bits per heavy atom. The molecule has 2 fully saturated rings. The third-order valence-corrected chi connectivity index (χ3v) is 6.49. The number of benzene rings is 2. The van der Waals surface area contributed by atoms with Gasteiger partial charge in [-0.05, 0) is 54.7 Å². The molecule has 7 heteroatoms. The highest BCUT2D eigenvalue weighted by atomic mass is 19.1. The predicted octanol–water partition coefficient (Wildman–Crippen LogP) is 2.62. The van der Waals surface area contributed by atoms with E-state index in [9.17, 15) is 19.1 Å². The molecule has 0 radical (unpaired) electrons. The number of halogens is 1. The van der Waals surface area contributed by atoms with Crippen LogP contribution in [0.3, 0.4) is 0 Å². The monoisotopic (exact) mass is 421 g/mol. The number of hydrogen-bond acceptors (Lipinski definition) is 4. The first-order valence-electron chi connectivity index (χ1n) is 10.6. The lowest BCUT2D eigenvalue weighted by molar-refractivity contribution is -0.143. The largest absolute Gasteiger partial charge is 0.380 e. The second kappa shape index (κ2) is 7.27. The summed E-state index contributed by atoms with van der Waals surface area (Å²) in [6.07, 6.45) is 0.999. The van der Waals surface area contributed by atoms with Gasteiger partial charge in [-0.1, -0.05) is 18.2 Å². The fourth-order valence-electron chi connectivity index (χ4n) is 4.32. The molecule has 2 aromatic carbocycles. The maximum Gasteiger partial charge on any atom is 0.256 e. The van der Waals surface area contributed by atoms with E-state index in [1.54, 1.807) is 15.9 Å². The Kier molecular flexibility index (Phi) is 4.66. The van der Waals surface area contributed by atoms with Crippen molar-refractivity contribution in [3.8, 4) is 11.1 Å². The first-order valence-corrected chi connectivity index (χ1v) is 10.6. The van der Waals surface area contributed by atoms with Crippen molar-refractivity contribution in [2.75, 3.05) is 26.2 Å². The van der Waals surface area contributed by atoms with Gasteiger partial charge in [0.1, 0.15) is 11.4 Å². The van der Waals surface area contributed by atoms with E-state index in [0.29, 0.717) is 45.6 Å². The van der Waals surface area contributed by atoms with E-state index in [-0.39, 0.29) is 17.4 Å². The highest BCUT2D eigenvalue weighted by Gasteiger charge is 2.50. The van der Waals surface area contributed by atoms with E-state index in [2.05, 4.69) is 4.99 Å². The first kappa shape index (κ1) is 19.9. The average molecular weight is 421 g/mol. The number of carbonyl (C=O) groups is 2. The minimum Gasteiger partial charge on any atom is -0.380 e. The zero-order chi connectivity index (χ0) is 21.8. The lowest BCUT2D eigenvalue weighted by Gasteiger charge is -2.35. The third-order valence-electron chi connectivity index (χ3n) is 6.49. The van der Waals surface area contributed by atoms with Crippen molar-refractivity contribution in [2.24, 2.45) is 4.99 Å². The Balaban J connectivity index is 1.28. The molecular formula is C24H24FN3O3. The molecule has 2 heterocycles. The van der Waals surface area contributed by atoms with Gasteiger partial charge in [-0.15, -0.1) is 0 Å². The number of aliphatic imine (C=N–C) groups is 1. The van der Waals surface area contributed by atoms with Crippen molar-refractivity contribution >= 4 is 17.5 Å². The van der Waals surface area contributed by atoms with Crippen LogP contribution in [-0.4, -0.2) is 64.2 Å². The smallest absolute Gasteiger partial charge is 0.256 e. The van der Waals surface area contributed by atoms with Crippen LogP contribution in [0.2, 0.25) is 0 Å². The van der Waals surface area contributed by atoms with Crippen LogP contribution < -0.4 is 0 Å². The molecule has 5 rings (SSSR count). The quantitative estimate of drug-likeness (QED) is 0.828. The van der Waals surface area contributed by atoms with Gasteiger partial charge >= 0.3 is 0 Å². The molecule has 6 nitrogen and oxygen atoms in total. The molecule has 31 heavy (non-hydrogen) atoms. The summed E-state index contributed by atoms with van der Waals surface area (Å²) in [6, 6.07) is 10.7. The molecule has 2 aromatic rings. The molecule has 0 aromatic heterocycles. The number of carbonyl (C=O) groups excluding carboxylic acids is 2. The Hall–Kier alpha value is -3.06. The Morgan fingerprint density at radius 3 is 2.32 bits per heavy atom. The molecule has 2 aliphatic heterocycles.